The number of nitrogens with zero attached hydrogens (tertiary/aromatic N) is 8. The summed E-state index contributed by atoms with van der Waals surface area (Å²) in [4.78, 5) is 21.7. The monoisotopic (exact) mass is 579 g/mol. The van der Waals surface area contributed by atoms with E-state index >= 15 is 0 Å². The number of hydrogen-bond donors (Lipinski definition) is 3. The van der Waals surface area contributed by atoms with Crippen LogP contribution in [0.2, 0.25) is 0 Å². The lowest BCUT2D eigenvalue weighted by Crippen LogP contribution is -2.58. The summed E-state index contributed by atoms with van der Waals surface area (Å²) < 4.78 is 42.1. The van der Waals surface area contributed by atoms with Crippen LogP contribution in [0.4, 0.5) is 19.0 Å². The first-order valence-corrected chi connectivity index (χ1v) is 14.1. The Morgan fingerprint density at radius 3 is 2.74 bits per heavy atom. The number of likely N-dealkylation sites (tertiary alicyclic amines) is 1. The second-order valence-electron chi connectivity index (χ2n) is 11.1. The molecule has 11 nitrogen and oxygen atoms in total. The third kappa shape index (κ3) is 5.54. The largest absolute Gasteiger partial charge is 0.451 e. The van der Waals surface area contributed by atoms with Gasteiger partial charge < -0.3 is 20.5 Å². The van der Waals surface area contributed by atoms with Crippen LogP contribution in [0.3, 0.4) is 0 Å². The van der Waals surface area contributed by atoms with Crippen LogP contribution in [-0.4, -0.2) is 71.3 Å². The Balaban J connectivity index is 1.09. The van der Waals surface area contributed by atoms with Crippen LogP contribution in [0.1, 0.15) is 50.5 Å². The number of anilines is 1. The molecule has 6 rings (SSSR count). The van der Waals surface area contributed by atoms with Crippen LogP contribution in [-0.2, 0) is 18.3 Å². The van der Waals surface area contributed by atoms with Gasteiger partial charge in [-0.05, 0) is 38.3 Å². The zero-order valence-electron chi connectivity index (χ0n) is 23.2. The molecule has 42 heavy (non-hydrogen) atoms. The molecule has 0 bridgehead atoms. The number of piperidine rings is 1. The van der Waals surface area contributed by atoms with Crippen molar-refractivity contribution in [2.45, 2.75) is 69.4 Å². The second kappa shape index (κ2) is 11.3. The van der Waals surface area contributed by atoms with E-state index in [2.05, 4.69) is 51.6 Å². The van der Waals surface area contributed by atoms with Gasteiger partial charge in [-0.25, -0.2) is 19.9 Å². The number of H-pyrrole nitrogens is 1. The minimum absolute atomic E-state index is 0.0139. The van der Waals surface area contributed by atoms with Gasteiger partial charge in [0.1, 0.15) is 17.8 Å². The Kier molecular flexibility index (Phi) is 7.54. The number of nitrogens with one attached hydrogen (secondary N) is 3. The van der Waals surface area contributed by atoms with Crippen LogP contribution in [0, 0.1) is 11.3 Å². The fourth-order valence-electron chi connectivity index (χ4n) is 6.10. The maximum Gasteiger partial charge on any atom is 0.451 e. The van der Waals surface area contributed by atoms with Gasteiger partial charge in [-0.1, -0.05) is 6.92 Å². The fourth-order valence-corrected chi connectivity index (χ4v) is 6.10. The third-order valence-electron chi connectivity index (χ3n) is 8.32. The van der Waals surface area contributed by atoms with Crippen LogP contribution in [0.25, 0.3) is 22.3 Å². The summed E-state index contributed by atoms with van der Waals surface area (Å²) in [6.07, 6.45) is 6.03. The Hall–Kier alpha value is -4.09. The van der Waals surface area contributed by atoms with Crippen molar-refractivity contribution >= 4 is 16.9 Å². The Morgan fingerprint density at radius 2 is 2.00 bits per heavy atom. The number of halogens is 3. The van der Waals surface area contributed by atoms with E-state index in [4.69, 9.17) is 0 Å². The molecule has 4 aromatic heterocycles. The van der Waals surface area contributed by atoms with E-state index in [1.165, 1.54) is 6.33 Å². The van der Waals surface area contributed by atoms with Crippen molar-refractivity contribution in [1.29, 1.82) is 5.26 Å². The fraction of sp³-hybridized carbons (Fsp3) is 0.500. The quantitative estimate of drug-likeness (QED) is 0.268. The summed E-state index contributed by atoms with van der Waals surface area (Å²) in [6, 6.07) is 6.21. The second-order valence-corrected chi connectivity index (χ2v) is 11.1. The van der Waals surface area contributed by atoms with Gasteiger partial charge in [0.05, 0.1) is 35.6 Å². The van der Waals surface area contributed by atoms with E-state index in [1.54, 1.807) is 12.3 Å². The molecule has 2 fully saturated rings. The molecule has 0 atom stereocenters. The van der Waals surface area contributed by atoms with Gasteiger partial charge in [0, 0.05) is 61.1 Å². The van der Waals surface area contributed by atoms with E-state index in [0.29, 0.717) is 24.7 Å². The molecule has 0 amide bonds. The number of alkyl halides is 3. The highest BCUT2D eigenvalue weighted by Gasteiger charge is 2.49. The van der Waals surface area contributed by atoms with Crippen LogP contribution < -0.4 is 10.6 Å². The highest BCUT2D eigenvalue weighted by Crippen LogP contribution is 2.45. The van der Waals surface area contributed by atoms with E-state index in [0.717, 1.165) is 61.1 Å². The predicted molar refractivity (Wildman–Crippen MR) is 149 cm³/mol. The molecule has 0 unspecified atom stereocenters. The molecule has 1 aliphatic heterocycles. The van der Waals surface area contributed by atoms with Gasteiger partial charge in [0.15, 0.2) is 0 Å². The van der Waals surface area contributed by atoms with E-state index in [-0.39, 0.29) is 23.9 Å². The predicted octanol–water partition coefficient (Wildman–Crippen LogP) is 4.09. The summed E-state index contributed by atoms with van der Waals surface area (Å²) in [5.41, 5.74) is 2.36. The molecule has 3 N–H and O–H groups in total. The molecule has 0 spiro atoms. The summed E-state index contributed by atoms with van der Waals surface area (Å²) in [5.74, 6) is -0.921. The first-order chi connectivity index (χ1) is 20.3. The van der Waals surface area contributed by atoms with Gasteiger partial charge in [0.25, 0.3) is 0 Å². The normalized spacial score (nSPS) is 21.7. The van der Waals surface area contributed by atoms with Gasteiger partial charge in [-0.2, -0.15) is 23.5 Å². The zero-order chi connectivity index (χ0) is 29.3. The highest BCUT2D eigenvalue weighted by atomic mass is 19.4. The number of fused-ring (bicyclic) bond motifs is 1. The molecule has 0 aromatic carbocycles. The van der Waals surface area contributed by atoms with Crippen molar-refractivity contribution in [3.05, 3.63) is 48.6 Å². The number of aromatic amines is 1. The van der Waals surface area contributed by atoms with Crippen LogP contribution in [0.5, 0.6) is 0 Å². The first kappa shape index (κ1) is 28.0. The average Bonchev–Trinajstić information content (AvgIpc) is 3.64. The standard InChI is InChI=1S/C28H32F3N11/c1-2-33-15-20-11-23(40-26(39-20)28(29,30)31)38-19-4-9-41(10-5-19)21-12-27(13-21,6-7-32)42-16-18(14-37-42)24-22-3-8-34-25(22)36-17-35-24/h3,8,11,14,16-17,19,21,33H,2,4-6,9-10,12-13,15H2,1H3,(H,34,35,36)(H,38,39,40). The van der Waals surface area contributed by atoms with Crippen LogP contribution in [0.15, 0.2) is 37.1 Å². The Morgan fingerprint density at radius 1 is 1.19 bits per heavy atom. The van der Waals surface area contributed by atoms with Crippen molar-refractivity contribution in [3.63, 3.8) is 0 Å². The molecule has 220 valence electrons. The minimum atomic E-state index is -4.61. The molecule has 14 heteroatoms. The SMILES string of the molecule is CCNCc1cc(NC2CCN(C3CC(CC#N)(n4cc(-c5ncnc6[nH]ccc56)cn4)C3)CC2)nc(C(F)(F)F)n1. The van der Waals surface area contributed by atoms with Crippen molar-refractivity contribution in [1.82, 2.24) is 44.9 Å². The molecule has 1 aliphatic carbocycles. The first-order valence-electron chi connectivity index (χ1n) is 14.1. The molecular weight excluding hydrogens is 547 g/mol. The lowest BCUT2D eigenvalue weighted by Gasteiger charge is -2.52. The van der Waals surface area contributed by atoms with Crippen LogP contribution >= 0.6 is 0 Å². The Labute approximate surface area is 240 Å². The maximum absolute atomic E-state index is 13.4. The smallest absolute Gasteiger partial charge is 0.367 e. The van der Waals surface area contributed by atoms with Crippen molar-refractivity contribution in [2.24, 2.45) is 0 Å². The number of nitriles is 1. The van der Waals surface area contributed by atoms with Crippen molar-refractivity contribution < 1.29 is 13.2 Å². The van der Waals surface area contributed by atoms with E-state index in [9.17, 15) is 18.4 Å². The van der Waals surface area contributed by atoms with Crippen molar-refractivity contribution in [2.75, 3.05) is 25.0 Å². The zero-order valence-corrected chi connectivity index (χ0v) is 23.2. The molecule has 1 saturated carbocycles. The maximum atomic E-state index is 13.4. The van der Waals surface area contributed by atoms with E-state index < -0.39 is 12.0 Å². The highest BCUT2D eigenvalue weighted by molar-refractivity contribution is 5.90. The molecule has 1 saturated heterocycles. The number of aromatic nitrogens is 7. The van der Waals surface area contributed by atoms with Gasteiger partial charge in [-0.3, -0.25) is 4.68 Å². The van der Waals surface area contributed by atoms with Gasteiger partial charge in [0.2, 0.25) is 5.82 Å². The molecule has 5 heterocycles. The lowest BCUT2D eigenvalue weighted by atomic mass is 9.69. The summed E-state index contributed by atoms with van der Waals surface area (Å²) in [5, 5.41) is 21.5. The van der Waals surface area contributed by atoms with E-state index in [1.807, 2.05) is 30.1 Å². The lowest BCUT2D eigenvalue weighted by molar-refractivity contribution is -0.145. The van der Waals surface area contributed by atoms with Gasteiger partial charge >= 0.3 is 6.18 Å². The molecular formula is C28H32F3N11. The molecule has 4 aromatic rings. The molecule has 2 aliphatic rings. The number of rotatable bonds is 9. The van der Waals surface area contributed by atoms with Crippen molar-refractivity contribution in [3.8, 4) is 17.3 Å². The summed E-state index contributed by atoms with van der Waals surface area (Å²) in [6.45, 7) is 4.38. The number of hydrogen-bond acceptors (Lipinski definition) is 9. The third-order valence-corrected chi connectivity index (χ3v) is 8.32. The average molecular weight is 580 g/mol. The van der Waals surface area contributed by atoms with Gasteiger partial charge in [-0.15, -0.1) is 0 Å². The minimum Gasteiger partial charge on any atom is -0.367 e. The topological polar surface area (TPSA) is 136 Å². The molecule has 0 radical (unpaired) electrons. The Bertz CT molecular complexity index is 1570. The summed E-state index contributed by atoms with van der Waals surface area (Å²) >= 11 is 0. The summed E-state index contributed by atoms with van der Waals surface area (Å²) in [7, 11) is 0.